The molecule has 2 N–H and O–H groups in total. The van der Waals surface area contributed by atoms with Gasteiger partial charge < -0.3 is 15.4 Å². The second-order valence-electron chi connectivity index (χ2n) is 5.74. The van der Waals surface area contributed by atoms with E-state index >= 15 is 0 Å². The van der Waals surface area contributed by atoms with Gasteiger partial charge in [-0.2, -0.15) is 0 Å². The number of rotatable bonds is 3. The minimum atomic E-state index is -0.312. The Labute approximate surface area is 113 Å². The zero-order valence-electron chi connectivity index (χ0n) is 11.0. The fourth-order valence-corrected chi connectivity index (χ4v) is 2.77. The molecular formula is C15H20N2O2. The van der Waals surface area contributed by atoms with Crippen molar-refractivity contribution >= 4 is 6.09 Å². The molecule has 2 aliphatic rings. The van der Waals surface area contributed by atoms with Gasteiger partial charge in [-0.15, -0.1) is 0 Å². The van der Waals surface area contributed by atoms with Crippen molar-refractivity contribution in [1.29, 1.82) is 0 Å². The Hall–Kier alpha value is -1.55. The molecule has 1 saturated heterocycles. The number of hydrogen-bond acceptors (Lipinski definition) is 3. The molecule has 102 valence electrons. The van der Waals surface area contributed by atoms with Gasteiger partial charge in [-0.3, -0.25) is 0 Å². The Balaban J connectivity index is 1.43. The summed E-state index contributed by atoms with van der Waals surface area (Å²) in [7, 11) is 0. The van der Waals surface area contributed by atoms with Crippen LogP contribution in [-0.4, -0.2) is 25.2 Å². The average Bonchev–Trinajstić information content (AvgIpc) is 3.17. The summed E-state index contributed by atoms with van der Waals surface area (Å²) in [6.07, 6.45) is 3.35. The molecule has 1 amide bonds. The zero-order valence-corrected chi connectivity index (χ0v) is 11.0. The zero-order chi connectivity index (χ0) is 13.1. The van der Waals surface area contributed by atoms with E-state index in [1.165, 1.54) is 12.8 Å². The topological polar surface area (TPSA) is 50.4 Å². The minimum absolute atomic E-state index is 0.208. The number of benzene rings is 1. The number of hydrogen-bond donors (Lipinski definition) is 2. The van der Waals surface area contributed by atoms with Gasteiger partial charge in [-0.25, -0.2) is 4.79 Å². The summed E-state index contributed by atoms with van der Waals surface area (Å²) >= 11 is 0. The second-order valence-corrected chi connectivity index (χ2v) is 5.74. The van der Waals surface area contributed by atoms with Crippen LogP contribution >= 0.6 is 0 Å². The highest BCUT2D eigenvalue weighted by Gasteiger charge is 2.46. The molecule has 1 atom stereocenters. The first-order valence-corrected chi connectivity index (χ1v) is 6.94. The van der Waals surface area contributed by atoms with E-state index in [1.807, 2.05) is 30.3 Å². The van der Waals surface area contributed by atoms with E-state index in [4.69, 9.17) is 4.74 Å². The van der Waals surface area contributed by atoms with Gasteiger partial charge in [0.25, 0.3) is 0 Å². The molecular weight excluding hydrogens is 240 g/mol. The number of carbonyl (C=O) groups is 1. The number of nitrogens with one attached hydrogen (secondary N) is 2. The maximum Gasteiger partial charge on any atom is 0.407 e. The van der Waals surface area contributed by atoms with E-state index in [9.17, 15) is 4.79 Å². The highest BCUT2D eigenvalue weighted by Crippen LogP contribution is 2.50. The van der Waals surface area contributed by atoms with Crippen molar-refractivity contribution in [3.05, 3.63) is 35.9 Å². The number of amides is 1. The first-order valence-electron chi connectivity index (χ1n) is 6.94. The summed E-state index contributed by atoms with van der Waals surface area (Å²) in [6, 6.07) is 9.95. The van der Waals surface area contributed by atoms with E-state index in [2.05, 4.69) is 10.6 Å². The molecule has 19 heavy (non-hydrogen) atoms. The first kappa shape index (κ1) is 12.5. The summed E-state index contributed by atoms with van der Waals surface area (Å²) in [5.74, 6) is 0. The third kappa shape index (κ3) is 3.26. The second kappa shape index (κ2) is 5.21. The predicted octanol–water partition coefficient (Wildman–Crippen LogP) is 2.05. The lowest BCUT2D eigenvalue weighted by Crippen LogP contribution is -2.49. The number of ether oxygens (including phenoxy) is 1. The smallest absolute Gasteiger partial charge is 0.407 e. The van der Waals surface area contributed by atoms with Crippen LogP contribution in [0, 0.1) is 5.41 Å². The SMILES string of the molecule is O=C(NC1CNCC2(CC2)C1)OCc1ccccc1. The highest BCUT2D eigenvalue weighted by atomic mass is 16.5. The third-order valence-corrected chi connectivity index (χ3v) is 4.06. The summed E-state index contributed by atoms with van der Waals surface area (Å²) in [4.78, 5) is 11.8. The van der Waals surface area contributed by atoms with Gasteiger partial charge in [-0.05, 0) is 30.2 Å². The standard InChI is InChI=1S/C15H20N2O2/c18-14(19-10-12-4-2-1-3-5-12)17-13-8-15(6-7-15)11-16-9-13/h1-5,13,16H,6-11H2,(H,17,18). The molecule has 4 nitrogen and oxygen atoms in total. The molecule has 0 radical (unpaired) electrons. The Kier molecular flexibility index (Phi) is 3.42. The number of carbonyl (C=O) groups excluding carboxylic acids is 1. The van der Waals surface area contributed by atoms with Crippen molar-refractivity contribution in [2.75, 3.05) is 13.1 Å². The Morgan fingerprint density at radius 2 is 2.16 bits per heavy atom. The Bertz CT molecular complexity index is 443. The van der Waals surface area contributed by atoms with E-state index in [0.29, 0.717) is 12.0 Å². The third-order valence-electron chi connectivity index (χ3n) is 4.06. The van der Waals surface area contributed by atoms with Gasteiger partial charge in [0.1, 0.15) is 6.61 Å². The summed E-state index contributed by atoms with van der Waals surface area (Å²) in [5.41, 5.74) is 1.48. The molecule has 1 spiro atoms. The fourth-order valence-electron chi connectivity index (χ4n) is 2.77. The Morgan fingerprint density at radius 3 is 2.89 bits per heavy atom. The van der Waals surface area contributed by atoms with E-state index in [0.717, 1.165) is 25.1 Å². The molecule has 1 aliphatic carbocycles. The minimum Gasteiger partial charge on any atom is -0.445 e. The fraction of sp³-hybridized carbons (Fsp3) is 0.533. The van der Waals surface area contributed by atoms with Crippen molar-refractivity contribution < 1.29 is 9.53 Å². The van der Waals surface area contributed by atoms with Crippen LogP contribution < -0.4 is 10.6 Å². The average molecular weight is 260 g/mol. The summed E-state index contributed by atoms with van der Waals surface area (Å²) < 4.78 is 5.24. The molecule has 1 aliphatic heterocycles. The molecule has 1 saturated carbocycles. The van der Waals surface area contributed by atoms with Gasteiger partial charge in [0, 0.05) is 19.1 Å². The maximum absolute atomic E-state index is 11.8. The van der Waals surface area contributed by atoms with Gasteiger partial charge in [-0.1, -0.05) is 30.3 Å². The lowest BCUT2D eigenvalue weighted by atomic mass is 9.93. The largest absolute Gasteiger partial charge is 0.445 e. The van der Waals surface area contributed by atoms with E-state index < -0.39 is 0 Å². The maximum atomic E-state index is 11.8. The van der Waals surface area contributed by atoms with Gasteiger partial charge >= 0.3 is 6.09 Å². The lowest BCUT2D eigenvalue weighted by molar-refractivity contribution is 0.131. The van der Waals surface area contributed by atoms with Crippen molar-refractivity contribution in [3.8, 4) is 0 Å². The molecule has 4 heteroatoms. The van der Waals surface area contributed by atoms with Crippen LogP contribution in [0.3, 0.4) is 0 Å². The molecule has 3 rings (SSSR count). The van der Waals surface area contributed by atoms with Crippen molar-refractivity contribution in [1.82, 2.24) is 10.6 Å². The van der Waals surface area contributed by atoms with Gasteiger partial charge in [0.2, 0.25) is 0 Å². The number of alkyl carbamates (subject to hydrolysis) is 1. The normalized spacial score (nSPS) is 23.9. The predicted molar refractivity (Wildman–Crippen MR) is 72.7 cm³/mol. The number of piperidine rings is 1. The van der Waals surface area contributed by atoms with Crippen molar-refractivity contribution in [2.24, 2.45) is 5.41 Å². The van der Waals surface area contributed by atoms with Crippen LogP contribution in [0.25, 0.3) is 0 Å². The molecule has 1 heterocycles. The van der Waals surface area contributed by atoms with Crippen LogP contribution in [0.5, 0.6) is 0 Å². The highest BCUT2D eigenvalue weighted by molar-refractivity contribution is 5.67. The van der Waals surface area contributed by atoms with Crippen LogP contribution in [0.2, 0.25) is 0 Å². The Morgan fingerprint density at radius 1 is 1.37 bits per heavy atom. The quantitative estimate of drug-likeness (QED) is 0.874. The first-order chi connectivity index (χ1) is 9.26. The van der Waals surface area contributed by atoms with Crippen LogP contribution in [0.4, 0.5) is 4.79 Å². The van der Waals surface area contributed by atoms with Crippen molar-refractivity contribution in [2.45, 2.75) is 31.9 Å². The van der Waals surface area contributed by atoms with Crippen molar-refractivity contribution in [3.63, 3.8) is 0 Å². The monoisotopic (exact) mass is 260 g/mol. The van der Waals surface area contributed by atoms with Crippen LogP contribution in [0.1, 0.15) is 24.8 Å². The van der Waals surface area contributed by atoms with Gasteiger partial charge in [0.05, 0.1) is 0 Å². The van der Waals surface area contributed by atoms with Gasteiger partial charge in [0.15, 0.2) is 0 Å². The molecule has 1 unspecified atom stereocenters. The molecule has 0 bridgehead atoms. The van der Waals surface area contributed by atoms with Crippen LogP contribution in [0.15, 0.2) is 30.3 Å². The molecule has 0 aromatic heterocycles. The molecule has 1 aromatic carbocycles. The summed E-state index contributed by atoms with van der Waals surface area (Å²) in [5, 5.41) is 6.36. The van der Waals surface area contributed by atoms with E-state index in [-0.39, 0.29) is 12.1 Å². The summed E-state index contributed by atoms with van der Waals surface area (Å²) in [6.45, 7) is 2.28. The molecule has 1 aromatic rings. The van der Waals surface area contributed by atoms with Crippen LogP contribution in [-0.2, 0) is 11.3 Å². The lowest BCUT2D eigenvalue weighted by Gasteiger charge is -2.30. The molecule has 2 fully saturated rings. The van der Waals surface area contributed by atoms with E-state index in [1.54, 1.807) is 0 Å².